The van der Waals surface area contributed by atoms with Crippen LogP contribution in [-0.2, 0) is 14.9 Å². The Morgan fingerprint density at radius 2 is 1.66 bits per heavy atom. The number of H-pyrrole nitrogens is 1. The van der Waals surface area contributed by atoms with Gasteiger partial charge in [-0.25, -0.2) is 22.9 Å². The number of ketones is 1. The second-order valence-corrected chi connectivity index (χ2v) is 17.3. The van der Waals surface area contributed by atoms with Crippen molar-refractivity contribution in [2.24, 2.45) is 0 Å². The summed E-state index contributed by atoms with van der Waals surface area (Å²) in [7, 11) is -3.08. The van der Waals surface area contributed by atoms with Crippen LogP contribution in [-0.4, -0.2) is 122 Å². The minimum absolute atomic E-state index is 0.00191. The topological polar surface area (TPSA) is 175 Å². The minimum Gasteiger partial charge on any atom is -0.465 e. The van der Waals surface area contributed by atoms with E-state index in [0.717, 1.165) is 59.6 Å². The highest BCUT2D eigenvalue weighted by molar-refractivity contribution is 7.90. The lowest BCUT2D eigenvalue weighted by Gasteiger charge is -2.44. The first-order valence-electron chi connectivity index (χ1n) is 19.8. The van der Waals surface area contributed by atoms with Gasteiger partial charge in [0.25, 0.3) is 0 Å². The zero-order chi connectivity index (χ0) is 43.1. The number of carbonyl (C=O) groups is 2. The van der Waals surface area contributed by atoms with Gasteiger partial charge >= 0.3 is 16.2 Å². The Morgan fingerprint density at radius 3 is 2.33 bits per heavy atom. The molecule has 14 nitrogen and oxygen atoms in total. The highest BCUT2D eigenvalue weighted by atomic mass is 32.2. The smallest absolute Gasteiger partial charge is 0.339 e. The van der Waals surface area contributed by atoms with Crippen LogP contribution in [0.1, 0.15) is 51.1 Å². The summed E-state index contributed by atoms with van der Waals surface area (Å²) in [5.41, 5.74) is 1.55. The molecule has 3 aromatic carbocycles. The Hall–Kier alpha value is -6.00. The molecule has 0 unspecified atom stereocenters. The number of nitrogens with zero attached hydrogens (tertiary/aromatic N) is 6. The van der Waals surface area contributed by atoms with Crippen LogP contribution in [0.25, 0.3) is 22.2 Å². The summed E-state index contributed by atoms with van der Waals surface area (Å²) in [6, 6.07) is 18.4. The highest BCUT2D eigenvalue weighted by Crippen LogP contribution is 2.33. The van der Waals surface area contributed by atoms with E-state index in [1.54, 1.807) is 30.5 Å². The Kier molecular flexibility index (Phi) is 11.5. The van der Waals surface area contributed by atoms with Crippen molar-refractivity contribution in [2.45, 2.75) is 31.0 Å². The lowest BCUT2D eigenvalue weighted by Crippen LogP contribution is -2.55. The molecular weight excluding hydrogens is 814 g/mol. The van der Waals surface area contributed by atoms with E-state index in [9.17, 15) is 32.8 Å². The number of esters is 1. The van der Waals surface area contributed by atoms with Gasteiger partial charge < -0.3 is 24.6 Å². The van der Waals surface area contributed by atoms with Gasteiger partial charge in [-0.2, -0.15) is 18.0 Å². The molecule has 0 aliphatic carbocycles. The normalized spacial score (nSPS) is 18.6. The molecule has 318 valence electrons. The molecule has 0 spiro atoms. The van der Waals surface area contributed by atoms with Gasteiger partial charge in [0.05, 0.1) is 35.1 Å². The van der Waals surface area contributed by atoms with Crippen LogP contribution < -0.4 is 14.5 Å². The molecule has 5 heterocycles. The maximum absolute atomic E-state index is 15.7. The number of benzene rings is 3. The van der Waals surface area contributed by atoms with Gasteiger partial charge in [-0.3, -0.25) is 14.4 Å². The lowest BCUT2D eigenvalue weighted by molar-refractivity contribution is -0.0173. The molecule has 3 aliphatic rings. The van der Waals surface area contributed by atoms with Gasteiger partial charge in [0.15, 0.2) is 5.82 Å². The fourth-order valence-corrected chi connectivity index (χ4v) is 9.59. The number of fused-ring (bicyclic) bond motifs is 1. The number of piperidine rings is 1. The van der Waals surface area contributed by atoms with E-state index >= 15 is 8.78 Å². The van der Waals surface area contributed by atoms with Crippen molar-refractivity contribution in [2.75, 3.05) is 80.5 Å². The molecule has 3 N–H and O–H groups in total. The van der Waals surface area contributed by atoms with Crippen LogP contribution in [0.4, 0.5) is 30.2 Å². The van der Waals surface area contributed by atoms with E-state index in [1.807, 2.05) is 29.0 Å². The molecular formula is C43H43F3N8O6S. The molecule has 0 saturated carbocycles. The Bertz CT molecular complexity index is 2640. The first-order chi connectivity index (χ1) is 29.3. The largest absolute Gasteiger partial charge is 0.465 e. The third-order valence-electron chi connectivity index (χ3n) is 11.8. The van der Waals surface area contributed by atoms with Crippen LogP contribution in [0, 0.1) is 23.0 Å². The highest BCUT2D eigenvalue weighted by Gasteiger charge is 2.36. The number of alkyl halides is 1. The second-order valence-electron chi connectivity index (χ2n) is 15.6. The zero-order valence-corrected chi connectivity index (χ0v) is 34.0. The van der Waals surface area contributed by atoms with Crippen molar-refractivity contribution in [3.63, 3.8) is 0 Å². The van der Waals surface area contributed by atoms with E-state index in [1.165, 1.54) is 13.3 Å². The number of aliphatic hydroxyl groups is 1. The van der Waals surface area contributed by atoms with Crippen molar-refractivity contribution in [1.82, 2.24) is 19.2 Å². The number of carbonyl (C=O) groups excluding carboxylic acids is 2. The van der Waals surface area contributed by atoms with Crippen LogP contribution >= 0.6 is 0 Å². The SMILES string of the molecule is COC(=O)c1ccc(N2CCC(O)(CN3CCN(c4ccc(-c5cnc6[nH]cc(C(=O)c7c(F)ccc(NS(=O)(=O)N8CC[C@@H](F)C8)c7F)c6c5)cc4)CC3)CC2)cc1C#N. The van der Waals surface area contributed by atoms with Crippen molar-refractivity contribution in [1.29, 1.82) is 5.26 Å². The number of hydrogen-bond acceptors (Lipinski definition) is 11. The van der Waals surface area contributed by atoms with Crippen LogP contribution in [0.3, 0.4) is 0 Å². The number of aromatic nitrogens is 2. The Morgan fingerprint density at radius 1 is 0.951 bits per heavy atom. The predicted molar refractivity (Wildman–Crippen MR) is 222 cm³/mol. The van der Waals surface area contributed by atoms with Crippen LogP contribution in [0.5, 0.6) is 0 Å². The van der Waals surface area contributed by atoms with Gasteiger partial charge in [-0.1, -0.05) is 12.1 Å². The number of methoxy groups -OCH3 is 1. The van der Waals surface area contributed by atoms with Gasteiger partial charge in [0.2, 0.25) is 5.78 Å². The fraction of sp³-hybridized carbons (Fsp3) is 0.349. The summed E-state index contributed by atoms with van der Waals surface area (Å²) in [6.07, 6.45) is 2.68. The molecule has 0 bridgehead atoms. The molecule has 61 heavy (non-hydrogen) atoms. The molecule has 3 saturated heterocycles. The van der Waals surface area contributed by atoms with Crippen molar-refractivity contribution in [3.05, 3.63) is 107 Å². The lowest BCUT2D eigenvalue weighted by atomic mass is 9.90. The number of nitriles is 1. The van der Waals surface area contributed by atoms with E-state index < -0.39 is 63.2 Å². The van der Waals surface area contributed by atoms with Gasteiger partial charge in [0.1, 0.15) is 23.7 Å². The quantitative estimate of drug-likeness (QED) is 0.117. The van der Waals surface area contributed by atoms with E-state index in [-0.39, 0.29) is 29.7 Å². The molecule has 2 aromatic heterocycles. The van der Waals surface area contributed by atoms with Crippen LogP contribution in [0.2, 0.25) is 0 Å². The maximum Gasteiger partial charge on any atom is 0.339 e. The monoisotopic (exact) mass is 856 g/mol. The summed E-state index contributed by atoms with van der Waals surface area (Å²) >= 11 is 0. The first-order valence-corrected chi connectivity index (χ1v) is 21.3. The average molecular weight is 857 g/mol. The van der Waals surface area contributed by atoms with E-state index in [0.29, 0.717) is 49.1 Å². The number of piperazine rings is 1. The maximum atomic E-state index is 15.7. The average Bonchev–Trinajstić information content (AvgIpc) is 3.91. The summed E-state index contributed by atoms with van der Waals surface area (Å²) in [5.74, 6) is -4.15. The molecule has 3 fully saturated rings. The summed E-state index contributed by atoms with van der Waals surface area (Å²) in [4.78, 5) is 39.7. The summed E-state index contributed by atoms with van der Waals surface area (Å²) in [5, 5.41) is 21.4. The molecule has 0 radical (unpaired) electrons. The number of halogens is 3. The summed E-state index contributed by atoms with van der Waals surface area (Å²) < 4.78 is 77.7. The predicted octanol–water partition coefficient (Wildman–Crippen LogP) is 5.25. The Labute approximate surface area is 350 Å². The zero-order valence-electron chi connectivity index (χ0n) is 33.2. The van der Waals surface area contributed by atoms with Crippen LogP contribution in [0.15, 0.2) is 73.1 Å². The number of pyridine rings is 1. The van der Waals surface area contributed by atoms with Gasteiger partial charge in [-0.15, -0.1) is 0 Å². The van der Waals surface area contributed by atoms with Crippen molar-refractivity contribution >= 4 is 50.1 Å². The van der Waals surface area contributed by atoms with E-state index in [4.69, 9.17) is 4.74 Å². The number of ether oxygens (including phenoxy) is 1. The third-order valence-corrected chi connectivity index (χ3v) is 13.3. The third kappa shape index (κ3) is 8.51. The molecule has 3 aliphatic heterocycles. The second kappa shape index (κ2) is 16.8. The van der Waals surface area contributed by atoms with Gasteiger partial charge in [0, 0.05) is 99.2 Å². The Balaban J connectivity index is 0.889. The van der Waals surface area contributed by atoms with Gasteiger partial charge in [-0.05, 0) is 73.4 Å². The molecule has 1 atom stereocenters. The molecule has 8 rings (SSSR count). The minimum atomic E-state index is -4.36. The molecule has 5 aromatic rings. The standard InChI is InChI=1S/C43H43F3N8O6S/c1-60-42(56)33-7-6-32(20-28(33)22-47)52-14-11-43(57,12-15-52)26-51-16-18-53(19-17-51)31-4-2-27(3-5-31)29-21-34-35(24-49-41(34)48-23-29)40(55)38-36(45)8-9-37(39(38)46)50-61(58,59)54-13-10-30(44)25-54/h2-9,20-21,23-24,30,50,57H,10-19,25-26H2,1H3,(H,48,49)/t30-/m1/s1. The van der Waals surface area contributed by atoms with Crippen molar-refractivity contribution < 1.29 is 41.0 Å². The number of rotatable bonds is 11. The summed E-state index contributed by atoms with van der Waals surface area (Å²) in [6.45, 7) is 4.28. The number of anilines is 3. The number of aromatic amines is 1. The first kappa shape index (κ1) is 41.7. The number of β-amino-alcohol motifs (C(OH)–C–C–N with tert-alkyl or cyclic N) is 1. The van der Waals surface area contributed by atoms with Crippen molar-refractivity contribution in [3.8, 4) is 17.2 Å². The number of nitrogens with one attached hydrogen (secondary N) is 2. The molecule has 18 heteroatoms. The molecule has 0 amide bonds. The van der Waals surface area contributed by atoms with E-state index in [2.05, 4.69) is 30.7 Å². The fourth-order valence-electron chi connectivity index (χ4n) is 8.33. The number of hydrogen-bond donors (Lipinski definition) is 3.